The molecule has 1 heterocycles. The molecule has 0 saturated carbocycles. The van der Waals surface area contributed by atoms with Crippen molar-refractivity contribution in [3.05, 3.63) is 112 Å². The first kappa shape index (κ1) is 23.4. The third-order valence-electron chi connectivity index (χ3n) is 6.46. The Morgan fingerprint density at radius 2 is 1.75 bits per heavy atom. The predicted molar refractivity (Wildman–Crippen MR) is 132 cm³/mol. The molecule has 0 radical (unpaired) electrons. The molecule has 2 aliphatic rings. The maximum atomic E-state index is 13.5. The molecule has 1 aliphatic heterocycles. The van der Waals surface area contributed by atoms with Crippen LogP contribution in [0.25, 0.3) is 5.70 Å². The van der Waals surface area contributed by atoms with E-state index in [1.54, 1.807) is 43.3 Å². The molecule has 1 unspecified atom stereocenters. The first-order valence-electron chi connectivity index (χ1n) is 11.4. The molecule has 6 nitrogen and oxygen atoms in total. The molecule has 1 N–H and O–H groups in total. The Morgan fingerprint density at radius 3 is 2.47 bits per heavy atom. The number of nitrogens with one attached hydrogen (secondary N) is 1. The second-order valence-corrected chi connectivity index (χ2v) is 8.58. The number of ketones is 1. The fourth-order valence-corrected chi connectivity index (χ4v) is 4.81. The smallest absolute Gasteiger partial charge is 0.336 e. The first-order valence-corrected chi connectivity index (χ1v) is 11.4. The monoisotopic (exact) mass is 485 g/mol. The van der Waals surface area contributed by atoms with Crippen molar-refractivity contribution in [1.29, 1.82) is 0 Å². The molecular formula is C29H24FNO5. The number of benzene rings is 3. The second kappa shape index (κ2) is 9.34. The van der Waals surface area contributed by atoms with Crippen molar-refractivity contribution in [3.8, 4) is 11.5 Å². The molecule has 36 heavy (non-hydrogen) atoms. The Labute approximate surface area is 208 Å². The van der Waals surface area contributed by atoms with Crippen LogP contribution in [0.4, 0.5) is 4.39 Å². The number of Topliss-reactive ketones (excluding diaryl/α,β-unsaturated/α-hetero) is 1. The topological polar surface area (TPSA) is 73.9 Å². The third-order valence-corrected chi connectivity index (χ3v) is 6.46. The fourth-order valence-electron chi connectivity index (χ4n) is 4.81. The Balaban J connectivity index is 1.56. The maximum Gasteiger partial charge on any atom is 0.336 e. The molecule has 0 saturated heterocycles. The SMILES string of the molecule is COC(=O)C1=C(C)NC2=C(C(=O)c3ccccc32)C1c1ccc(OCc2cccc(F)c2)c(OC)c1. The third kappa shape index (κ3) is 3.92. The van der Waals surface area contributed by atoms with E-state index >= 15 is 0 Å². The van der Waals surface area contributed by atoms with Crippen LogP contribution in [0.3, 0.4) is 0 Å². The number of methoxy groups -OCH3 is 2. The Morgan fingerprint density at radius 1 is 0.972 bits per heavy atom. The minimum Gasteiger partial charge on any atom is -0.493 e. The highest BCUT2D eigenvalue weighted by molar-refractivity contribution is 6.23. The van der Waals surface area contributed by atoms with Gasteiger partial charge in [-0.3, -0.25) is 4.79 Å². The van der Waals surface area contributed by atoms with Crippen molar-refractivity contribution in [2.45, 2.75) is 19.4 Å². The lowest BCUT2D eigenvalue weighted by Gasteiger charge is -2.29. The number of halogens is 1. The van der Waals surface area contributed by atoms with Gasteiger partial charge in [0.15, 0.2) is 17.3 Å². The Kier molecular flexibility index (Phi) is 6.06. The van der Waals surface area contributed by atoms with Crippen LogP contribution in [-0.2, 0) is 16.1 Å². The van der Waals surface area contributed by atoms with Gasteiger partial charge in [-0.25, -0.2) is 9.18 Å². The summed E-state index contributed by atoms with van der Waals surface area (Å²) in [5.41, 5.74) is 4.88. The van der Waals surface area contributed by atoms with Crippen molar-refractivity contribution < 1.29 is 28.2 Å². The van der Waals surface area contributed by atoms with E-state index < -0.39 is 11.9 Å². The molecule has 0 aromatic heterocycles. The predicted octanol–water partition coefficient (Wildman–Crippen LogP) is 5.15. The highest BCUT2D eigenvalue weighted by atomic mass is 19.1. The zero-order valence-electron chi connectivity index (χ0n) is 20.1. The van der Waals surface area contributed by atoms with E-state index in [9.17, 15) is 14.0 Å². The molecule has 0 spiro atoms. The van der Waals surface area contributed by atoms with Gasteiger partial charge in [-0.05, 0) is 42.3 Å². The minimum atomic E-state index is -0.667. The van der Waals surface area contributed by atoms with Crippen LogP contribution in [0.2, 0.25) is 0 Å². The van der Waals surface area contributed by atoms with Crippen LogP contribution >= 0.6 is 0 Å². The number of esters is 1. The largest absolute Gasteiger partial charge is 0.493 e. The van der Waals surface area contributed by atoms with Gasteiger partial charge in [-0.15, -0.1) is 0 Å². The van der Waals surface area contributed by atoms with Gasteiger partial charge in [0.25, 0.3) is 0 Å². The summed E-state index contributed by atoms with van der Waals surface area (Å²) in [6, 6.07) is 18.8. The average molecular weight is 486 g/mol. The highest BCUT2D eigenvalue weighted by Crippen LogP contribution is 2.47. The summed E-state index contributed by atoms with van der Waals surface area (Å²) < 4.78 is 30.1. The number of hydrogen-bond donors (Lipinski definition) is 1. The van der Waals surface area contributed by atoms with Gasteiger partial charge in [0.2, 0.25) is 0 Å². The minimum absolute atomic E-state index is 0.141. The van der Waals surface area contributed by atoms with Crippen molar-refractivity contribution in [2.24, 2.45) is 0 Å². The maximum absolute atomic E-state index is 13.5. The molecule has 1 aliphatic carbocycles. The molecule has 3 aromatic rings. The van der Waals surface area contributed by atoms with Crippen LogP contribution in [0.5, 0.6) is 11.5 Å². The molecule has 3 aromatic carbocycles. The number of rotatable bonds is 6. The molecule has 7 heteroatoms. The summed E-state index contributed by atoms with van der Waals surface area (Å²) in [5, 5.41) is 3.26. The number of carbonyl (C=O) groups excluding carboxylic acids is 2. The second-order valence-electron chi connectivity index (χ2n) is 8.58. The van der Waals surface area contributed by atoms with Crippen LogP contribution in [-0.4, -0.2) is 26.0 Å². The molecule has 0 fully saturated rings. The summed E-state index contributed by atoms with van der Waals surface area (Å²) >= 11 is 0. The van der Waals surface area contributed by atoms with Crippen molar-refractivity contribution in [3.63, 3.8) is 0 Å². The summed E-state index contributed by atoms with van der Waals surface area (Å²) in [6.45, 7) is 1.94. The standard InChI is InChI=1S/C29H24FNO5/c1-16-24(29(33)35-3)25(26-27(31-16)20-9-4-5-10-21(20)28(26)32)18-11-12-22(23(14-18)34-2)36-15-17-7-6-8-19(30)13-17/h4-14,25,31H,15H2,1-3H3. The lowest BCUT2D eigenvalue weighted by molar-refractivity contribution is -0.136. The molecule has 0 bridgehead atoms. The van der Waals surface area contributed by atoms with Crippen LogP contribution < -0.4 is 14.8 Å². The zero-order chi connectivity index (χ0) is 25.4. The Bertz CT molecular complexity index is 1460. The lowest BCUT2D eigenvalue weighted by Crippen LogP contribution is -2.29. The van der Waals surface area contributed by atoms with Gasteiger partial charge in [0.05, 0.1) is 25.5 Å². The fraction of sp³-hybridized carbons (Fsp3) is 0.172. The van der Waals surface area contributed by atoms with Crippen molar-refractivity contribution in [1.82, 2.24) is 5.32 Å². The molecule has 0 amide bonds. The van der Waals surface area contributed by atoms with E-state index in [0.29, 0.717) is 50.7 Å². The van der Waals surface area contributed by atoms with Crippen molar-refractivity contribution in [2.75, 3.05) is 14.2 Å². The van der Waals surface area contributed by atoms with Gasteiger partial charge in [-0.2, -0.15) is 0 Å². The molecule has 1 atom stereocenters. The van der Waals surface area contributed by atoms with Gasteiger partial charge >= 0.3 is 5.97 Å². The number of ether oxygens (including phenoxy) is 3. The normalized spacial score (nSPS) is 16.3. The van der Waals surface area contributed by atoms with E-state index in [1.807, 2.05) is 18.2 Å². The number of carbonyl (C=O) groups is 2. The van der Waals surface area contributed by atoms with E-state index in [-0.39, 0.29) is 18.2 Å². The van der Waals surface area contributed by atoms with Gasteiger partial charge in [0, 0.05) is 28.3 Å². The lowest BCUT2D eigenvalue weighted by atomic mass is 9.79. The van der Waals surface area contributed by atoms with E-state index in [2.05, 4.69) is 5.32 Å². The average Bonchev–Trinajstić information content (AvgIpc) is 3.17. The van der Waals surface area contributed by atoms with Gasteiger partial charge in [0.1, 0.15) is 12.4 Å². The first-order chi connectivity index (χ1) is 17.4. The van der Waals surface area contributed by atoms with E-state index in [1.165, 1.54) is 26.4 Å². The van der Waals surface area contributed by atoms with Crippen molar-refractivity contribution >= 4 is 17.4 Å². The van der Waals surface area contributed by atoms with Crippen LogP contribution in [0, 0.1) is 5.82 Å². The quantitative estimate of drug-likeness (QED) is 0.487. The summed E-state index contributed by atoms with van der Waals surface area (Å²) in [6.07, 6.45) is 0. The van der Waals surface area contributed by atoms with Gasteiger partial charge in [-0.1, -0.05) is 42.5 Å². The molecule has 5 rings (SSSR count). The van der Waals surface area contributed by atoms with Gasteiger partial charge < -0.3 is 19.5 Å². The Hall–Kier alpha value is -4.39. The van der Waals surface area contributed by atoms with E-state index in [0.717, 1.165) is 5.56 Å². The number of allylic oxidation sites excluding steroid dienone is 2. The van der Waals surface area contributed by atoms with Crippen LogP contribution in [0.15, 0.2) is 83.6 Å². The summed E-state index contributed by atoms with van der Waals surface area (Å²) in [4.78, 5) is 26.4. The van der Waals surface area contributed by atoms with E-state index in [4.69, 9.17) is 14.2 Å². The highest BCUT2D eigenvalue weighted by Gasteiger charge is 2.43. The molecule has 182 valence electrons. The van der Waals surface area contributed by atoms with Crippen LogP contribution in [0.1, 0.15) is 39.9 Å². The number of dihydropyridines is 1. The number of fused-ring (bicyclic) bond motifs is 2. The molecular weight excluding hydrogens is 461 g/mol. The summed E-state index contributed by atoms with van der Waals surface area (Å²) in [7, 11) is 2.83. The zero-order valence-corrected chi connectivity index (χ0v) is 20.1. The number of hydrogen-bond acceptors (Lipinski definition) is 6. The summed E-state index contributed by atoms with van der Waals surface area (Å²) in [5.74, 6) is -0.791.